The van der Waals surface area contributed by atoms with Crippen molar-refractivity contribution in [1.82, 2.24) is 9.29 Å². The molecule has 0 bridgehead atoms. The summed E-state index contributed by atoms with van der Waals surface area (Å²) in [6.07, 6.45) is 3.09. The molecule has 7 heteroatoms. The molecule has 6 nitrogen and oxygen atoms in total. The third-order valence-electron chi connectivity index (χ3n) is 3.60. The van der Waals surface area contributed by atoms with Crippen molar-refractivity contribution in [3.8, 4) is 0 Å². The van der Waals surface area contributed by atoms with Crippen molar-refractivity contribution in [2.75, 3.05) is 18.5 Å². The summed E-state index contributed by atoms with van der Waals surface area (Å²) in [5.74, 6) is 5.65. The standard InChI is InChI=1S/C12H20N4O2S/c1-12(2)5-7-16(8-6-12)19(17,18)10-3-4-11(15-13)14-9-10/h3-4,9H,5-8,13H2,1-2H3,(H,14,15). The lowest BCUT2D eigenvalue weighted by Crippen LogP contribution is -2.41. The van der Waals surface area contributed by atoms with Gasteiger partial charge in [0.05, 0.1) is 0 Å². The number of pyridine rings is 1. The second kappa shape index (κ2) is 5.07. The first-order valence-corrected chi connectivity index (χ1v) is 7.72. The van der Waals surface area contributed by atoms with Gasteiger partial charge in [-0.3, -0.25) is 0 Å². The van der Waals surface area contributed by atoms with Crippen LogP contribution in [-0.2, 0) is 10.0 Å². The van der Waals surface area contributed by atoms with Gasteiger partial charge >= 0.3 is 0 Å². The molecule has 2 heterocycles. The minimum Gasteiger partial charge on any atom is -0.308 e. The Labute approximate surface area is 114 Å². The summed E-state index contributed by atoms with van der Waals surface area (Å²) in [4.78, 5) is 4.16. The van der Waals surface area contributed by atoms with E-state index in [1.165, 1.54) is 16.6 Å². The van der Waals surface area contributed by atoms with E-state index in [0.29, 0.717) is 18.9 Å². The molecule has 0 amide bonds. The molecular weight excluding hydrogens is 264 g/mol. The highest BCUT2D eigenvalue weighted by molar-refractivity contribution is 7.89. The number of hydrogen-bond donors (Lipinski definition) is 2. The van der Waals surface area contributed by atoms with Crippen LogP contribution >= 0.6 is 0 Å². The lowest BCUT2D eigenvalue weighted by molar-refractivity contribution is 0.196. The summed E-state index contributed by atoms with van der Waals surface area (Å²) in [7, 11) is -3.43. The van der Waals surface area contributed by atoms with E-state index in [1.807, 2.05) is 0 Å². The van der Waals surface area contributed by atoms with Crippen LogP contribution in [0.25, 0.3) is 0 Å². The molecule has 0 unspecified atom stereocenters. The van der Waals surface area contributed by atoms with Crippen LogP contribution in [0.3, 0.4) is 0 Å². The summed E-state index contributed by atoms with van der Waals surface area (Å²) in [5, 5.41) is 0. The van der Waals surface area contributed by atoms with Gasteiger partial charge < -0.3 is 5.43 Å². The largest absolute Gasteiger partial charge is 0.308 e. The van der Waals surface area contributed by atoms with E-state index in [2.05, 4.69) is 24.3 Å². The lowest BCUT2D eigenvalue weighted by Gasteiger charge is -2.36. The molecule has 3 N–H and O–H groups in total. The van der Waals surface area contributed by atoms with Crippen LogP contribution in [0.15, 0.2) is 23.2 Å². The fourth-order valence-electron chi connectivity index (χ4n) is 2.10. The number of piperidine rings is 1. The van der Waals surface area contributed by atoms with Crippen molar-refractivity contribution in [2.45, 2.75) is 31.6 Å². The van der Waals surface area contributed by atoms with Gasteiger partial charge in [0.25, 0.3) is 0 Å². The second-order valence-electron chi connectivity index (χ2n) is 5.59. The summed E-state index contributed by atoms with van der Waals surface area (Å²) in [6, 6.07) is 3.08. The Kier molecular flexibility index (Phi) is 3.80. The summed E-state index contributed by atoms with van der Waals surface area (Å²) in [6.45, 7) is 5.46. The zero-order valence-corrected chi connectivity index (χ0v) is 12.1. The highest BCUT2D eigenvalue weighted by Crippen LogP contribution is 2.32. The van der Waals surface area contributed by atoms with Crippen LogP contribution in [0.5, 0.6) is 0 Å². The zero-order chi connectivity index (χ0) is 14.1. The van der Waals surface area contributed by atoms with E-state index in [4.69, 9.17) is 5.84 Å². The molecule has 0 aliphatic carbocycles. The van der Waals surface area contributed by atoms with Crippen LogP contribution in [0, 0.1) is 5.41 Å². The quantitative estimate of drug-likeness (QED) is 0.642. The first kappa shape index (κ1) is 14.2. The number of sulfonamides is 1. The Morgan fingerprint density at radius 3 is 2.42 bits per heavy atom. The number of nitrogens with one attached hydrogen (secondary N) is 1. The number of anilines is 1. The Bertz CT molecular complexity index is 529. The molecule has 106 valence electrons. The minimum atomic E-state index is -3.43. The number of rotatable bonds is 3. The van der Waals surface area contributed by atoms with Gasteiger partial charge in [0.15, 0.2) is 0 Å². The molecular formula is C12H20N4O2S. The average Bonchev–Trinajstić information content (AvgIpc) is 2.38. The van der Waals surface area contributed by atoms with Gasteiger partial charge in [-0.1, -0.05) is 13.8 Å². The predicted octanol–water partition coefficient (Wildman–Crippen LogP) is 1.18. The third kappa shape index (κ3) is 3.05. The van der Waals surface area contributed by atoms with Gasteiger partial charge in [0, 0.05) is 19.3 Å². The number of aromatic nitrogens is 1. The zero-order valence-electron chi connectivity index (χ0n) is 11.3. The minimum absolute atomic E-state index is 0.214. The molecule has 0 aromatic carbocycles. The van der Waals surface area contributed by atoms with Crippen molar-refractivity contribution >= 4 is 15.8 Å². The van der Waals surface area contributed by atoms with Crippen LogP contribution in [0.2, 0.25) is 0 Å². The second-order valence-corrected chi connectivity index (χ2v) is 7.53. The molecule has 19 heavy (non-hydrogen) atoms. The topological polar surface area (TPSA) is 88.3 Å². The Hall–Kier alpha value is -1.18. The van der Waals surface area contributed by atoms with Crippen molar-refractivity contribution in [2.24, 2.45) is 11.3 Å². The van der Waals surface area contributed by atoms with E-state index in [1.54, 1.807) is 6.07 Å². The molecule has 2 rings (SSSR count). The van der Waals surface area contributed by atoms with Gasteiger partial charge in [0.1, 0.15) is 10.7 Å². The van der Waals surface area contributed by atoms with Crippen LogP contribution in [0.4, 0.5) is 5.82 Å². The predicted molar refractivity (Wildman–Crippen MR) is 73.8 cm³/mol. The smallest absolute Gasteiger partial charge is 0.244 e. The monoisotopic (exact) mass is 284 g/mol. The number of hydrogen-bond acceptors (Lipinski definition) is 5. The summed E-state index contributed by atoms with van der Waals surface area (Å²) < 4.78 is 26.4. The fourth-order valence-corrected chi connectivity index (χ4v) is 3.49. The molecule has 1 aliphatic rings. The van der Waals surface area contributed by atoms with Gasteiger partial charge in [-0.2, -0.15) is 4.31 Å². The van der Waals surface area contributed by atoms with Crippen LogP contribution in [-0.4, -0.2) is 30.8 Å². The maximum atomic E-state index is 12.4. The number of nitrogens with zero attached hydrogens (tertiary/aromatic N) is 2. The highest BCUT2D eigenvalue weighted by atomic mass is 32.2. The van der Waals surface area contributed by atoms with Crippen molar-refractivity contribution in [3.63, 3.8) is 0 Å². The summed E-state index contributed by atoms with van der Waals surface area (Å²) >= 11 is 0. The van der Waals surface area contributed by atoms with Gasteiger partial charge in [-0.05, 0) is 30.4 Å². The summed E-state index contributed by atoms with van der Waals surface area (Å²) in [5.41, 5.74) is 2.60. The van der Waals surface area contributed by atoms with Crippen LogP contribution in [0.1, 0.15) is 26.7 Å². The first-order chi connectivity index (χ1) is 8.85. The average molecular weight is 284 g/mol. The number of hydrazine groups is 1. The van der Waals surface area contributed by atoms with E-state index < -0.39 is 10.0 Å². The fraction of sp³-hybridized carbons (Fsp3) is 0.583. The Morgan fingerprint density at radius 2 is 1.95 bits per heavy atom. The molecule has 0 radical (unpaired) electrons. The van der Waals surface area contributed by atoms with E-state index in [-0.39, 0.29) is 10.3 Å². The molecule has 1 aromatic heterocycles. The molecule has 1 saturated heterocycles. The van der Waals surface area contributed by atoms with Crippen molar-refractivity contribution in [3.05, 3.63) is 18.3 Å². The molecule has 1 aromatic rings. The van der Waals surface area contributed by atoms with Crippen LogP contribution < -0.4 is 11.3 Å². The first-order valence-electron chi connectivity index (χ1n) is 6.28. The van der Waals surface area contributed by atoms with E-state index >= 15 is 0 Å². The molecule has 0 spiro atoms. The Balaban J connectivity index is 2.18. The molecule has 1 aliphatic heterocycles. The normalized spacial score (nSPS) is 20.2. The van der Waals surface area contributed by atoms with E-state index in [9.17, 15) is 8.42 Å². The third-order valence-corrected chi connectivity index (χ3v) is 5.48. The van der Waals surface area contributed by atoms with Gasteiger partial charge in [0.2, 0.25) is 10.0 Å². The lowest BCUT2D eigenvalue weighted by atomic mass is 9.83. The Morgan fingerprint density at radius 1 is 1.32 bits per heavy atom. The number of nitrogens with two attached hydrogens (primary N) is 1. The molecule has 1 fully saturated rings. The maximum absolute atomic E-state index is 12.4. The highest BCUT2D eigenvalue weighted by Gasteiger charge is 2.32. The number of nitrogen functional groups attached to an aromatic ring is 1. The SMILES string of the molecule is CC1(C)CCN(S(=O)(=O)c2ccc(NN)nc2)CC1. The van der Waals surface area contributed by atoms with Gasteiger partial charge in [-0.15, -0.1) is 0 Å². The maximum Gasteiger partial charge on any atom is 0.244 e. The van der Waals surface area contributed by atoms with E-state index in [0.717, 1.165) is 12.8 Å². The van der Waals surface area contributed by atoms with Gasteiger partial charge in [-0.25, -0.2) is 19.2 Å². The van der Waals surface area contributed by atoms with Crippen molar-refractivity contribution < 1.29 is 8.42 Å². The molecule has 0 atom stereocenters. The van der Waals surface area contributed by atoms with Crippen molar-refractivity contribution in [1.29, 1.82) is 0 Å². The molecule has 0 saturated carbocycles.